The molecule has 21 heavy (non-hydrogen) atoms. The van der Waals surface area contributed by atoms with Crippen LogP contribution in [0.2, 0.25) is 0 Å². The summed E-state index contributed by atoms with van der Waals surface area (Å²) in [5.74, 6) is 1.52. The van der Waals surface area contributed by atoms with E-state index in [2.05, 4.69) is 48.5 Å². The molecular weight excluding hydrogens is 258 g/mol. The van der Waals surface area contributed by atoms with Gasteiger partial charge in [0.1, 0.15) is 0 Å². The van der Waals surface area contributed by atoms with E-state index >= 15 is 0 Å². The molecule has 2 atom stereocenters. The Balaban J connectivity index is 1.64. The lowest BCUT2D eigenvalue weighted by Crippen LogP contribution is -2.37. The monoisotopic (exact) mass is 283 g/mol. The molecule has 1 aromatic carbocycles. The van der Waals surface area contributed by atoms with Gasteiger partial charge in [0.25, 0.3) is 0 Å². The van der Waals surface area contributed by atoms with E-state index < -0.39 is 0 Å². The fourth-order valence-corrected chi connectivity index (χ4v) is 3.45. The summed E-state index contributed by atoms with van der Waals surface area (Å²) < 4.78 is 1.95. The first-order valence-corrected chi connectivity index (χ1v) is 8.05. The normalized spacial score (nSPS) is 25.7. The van der Waals surface area contributed by atoms with E-state index in [1.165, 1.54) is 30.5 Å². The van der Waals surface area contributed by atoms with Crippen molar-refractivity contribution < 1.29 is 0 Å². The van der Waals surface area contributed by atoms with Gasteiger partial charge in [0.2, 0.25) is 0 Å². The lowest BCUT2D eigenvalue weighted by Gasteiger charge is -2.36. The first-order valence-electron chi connectivity index (χ1n) is 8.05. The SMILES string of the molecule is CC1CCCC(C)C1Nc1ccc(Cn2cccn2)cc1. The van der Waals surface area contributed by atoms with Crippen molar-refractivity contribution in [3.05, 3.63) is 48.3 Å². The maximum Gasteiger partial charge on any atom is 0.0659 e. The van der Waals surface area contributed by atoms with Crippen molar-refractivity contribution in [2.45, 2.75) is 45.7 Å². The summed E-state index contributed by atoms with van der Waals surface area (Å²) in [5.41, 5.74) is 2.53. The van der Waals surface area contributed by atoms with Gasteiger partial charge in [-0.2, -0.15) is 5.10 Å². The zero-order chi connectivity index (χ0) is 14.7. The van der Waals surface area contributed by atoms with Gasteiger partial charge in [-0.3, -0.25) is 4.68 Å². The molecule has 0 radical (unpaired) electrons. The molecule has 1 saturated carbocycles. The summed E-state index contributed by atoms with van der Waals surface area (Å²) in [6, 6.07) is 11.4. The fourth-order valence-electron chi connectivity index (χ4n) is 3.45. The third-order valence-electron chi connectivity index (χ3n) is 4.74. The van der Waals surface area contributed by atoms with Crippen LogP contribution in [0.1, 0.15) is 38.7 Å². The smallest absolute Gasteiger partial charge is 0.0659 e. The van der Waals surface area contributed by atoms with Gasteiger partial charge in [0, 0.05) is 24.1 Å². The molecule has 1 aliphatic carbocycles. The Bertz CT molecular complexity index is 534. The number of benzene rings is 1. The van der Waals surface area contributed by atoms with Gasteiger partial charge < -0.3 is 5.32 Å². The highest BCUT2D eigenvalue weighted by Gasteiger charge is 2.27. The molecule has 0 saturated heterocycles. The lowest BCUT2D eigenvalue weighted by atomic mass is 9.78. The van der Waals surface area contributed by atoms with Crippen molar-refractivity contribution in [1.29, 1.82) is 0 Å². The molecular formula is C18H25N3. The van der Waals surface area contributed by atoms with Gasteiger partial charge in [-0.25, -0.2) is 0 Å². The molecule has 1 heterocycles. The Morgan fingerprint density at radius 2 is 1.86 bits per heavy atom. The van der Waals surface area contributed by atoms with Gasteiger partial charge in [-0.1, -0.05) is 32.4 Å². The number of nitrogens with zero attached hydrogens (tertiary/aromatic N) is 2. The van der Waals surface area contributed by atoms with E-state index in [9.17, 15) is 0 Å². The number of aromatic nitrogens is 2. The predicted molar refractivity (Wildman–Crippen MR) is 87.4 cm³/mol. The molecule has 2 aromatic rings. The van der Waals surface area contributed by atoms with Crippen LogP contribution in [0.25, 0.3) is 0 Å². The number of hydrogen-bond acceptors (Lipinski definition) is 2. The molecule has 2 unspecified atom stereocenters. The minimum Gasteiger partial charge on any atom is -0.382 e. The standard InChI is InChI=1S/C18H25N3/c1-14-5-3-6-15(2)18(14)20-17-9-7-16(8-10-17)13-21-12-4-11-19-21/h4,7-12,14-15,18,20H,3,5-6,13H2,1-2H3. The third kappa shape index (κ3) is 3.46. The second-order valence-corrected chi connectivity index (χ2v) is 6.46. The topological polar surface area (TPSA) is 29.9 Å². The van der Waals surface area contributed by atoms with Crippen molar-refractivity contribution in [3.8, 4) is 0 Å². The summed E-state index contributed by atoms with van der Waals surface area (Å²) in [6.07, 6.45) is 7.89. The van der Waals surface area contributed by atoms with Crippen LogP contribution >= 0.6 is 0 Å². The molecule has 1 aromatic heterocycles. The molecule has 3 rings (SSSR count). The van der Waals surface area contributed by atoms with Crippen LogP contribution in [0.15, 0.2) is 42.7 Å². The van der Waals surface area contributed by atoms with Crippen LogP contribution < -0.4 is 5.32 Å². The molecule has 0 bridgehead atoms. The fraction of sp³-hybridized carbons (Fsp3) is 0.500. The molecule has 0 amide bonds. The van der Waals surface area contributed by atoms with Gasteiger partial charge in [-0.05, 0) is 48.4 Å². The Kier molecular flexibility index (Phi) is 4.28. The molecule has 0 aliphatic heterocycles. The number of hydrogen-bond donors (Lipinski definition) is 1. The maximum atomic E-state index is 4.25. The number of rotatable bonds is 4. The van der Waals surface area contributed by atoms with Crippen LogP contribution in [0.5, 0.6) is 0 Å². The van der Waals surface area contributed by atoms with E-state index in [1.54, 1.807) is 0 Å². The van der Waals surface area contributed by atoms with E-state index in [1.807, 2.05) is 23.1 Å². The van der Waals surface area contributed by atoms with Crippen LogP contribution in [0.4, 0.5) is 5.69 Å². The quantitative estimate of drug-likeness (QED) is 0.912. The minimum absolute atomic E-state index is 0.607. The molecule has 1 N–H and O–H groups in total. The number of nitrogens with one attached hydrogen (secondary N) is 1. The second-order valence-electron chi connectivity index (χ2n) is 6.46. The summed E-state index contributed by atoms with van der Waals surface area (Å²) in [7, 11) is 0. The first-order chi connectivity index (χ1) is 10.2. The van der Waals surface area contributed by atoms with E-state index in [4.69, 9.17) is 0 Å². The van der Waals surface area contributed by atoms with Gasteiger partial charge >= 0.3 is 0 Å². The zero-order valence-corrected chi connectivity index (χ0v) is 13.0. The summed E-state index contributed by atoms with van der Waals surface area (Å²) in [6.45, 7) is 5.59. The molecule has 112 valence electrons. The number of anilines is 1. The zero-order valence-electron chi connectivity index (χ0n) is 13.0. The van der Waals surface area contributed by atoms with Crippen LogP contribution in [-0.2, 0) is 6.54 Å². The van der Waals surface area contributed by atoms with E-state index in [0.29, 0.717) is 6.04 Å². The average Bonchev–Trinajstić information content (AvgIpc) is 2.98. The largest absolute Gasteiger partial charge is 0.382 e. The molecule has 3 nitrogen and oxygen atoms in total. The minimum atomic E-state index is 0.607. The Hall–Kier alpha value is -1.77. The van der Waals surface area contributed by atoms with Crippen molar-refractivity contribution in [2.75, 3.05) is 5.32 Å². The van der Waals surface area contributed by atoms with Crippen LogP contribution in [-0.4, -0.2) is 15.8 Å². The highest BCUT2D eigenvalue weighted by Crippen LogP contribution is 2.31. The summed E-state index contributed by atoms with van der Waals surface area (Å²) in [5, 5.41) is 7.99. The van der Waals surface area contributed by atoms with Crippen molar-refractivity contribution in [3.63, 3.8) is 0 Å². The Morgan fingerprint density at radius 3 is 2.48 bits per heavy atom. The van der Waals surface area contributed by atoms with Crippen molar-refractivity contribution >= 4 is 5.69 Å². The van der Waals surface area contributed by atoms with Crippen molar-refractivity contribution in [2.24, 2.45) is 11.8 Å². The third-order valence-corrected chi connectivity index (χ3v) is 4.74. The molecule has 1 aliphatic rings. The van der Waals surface area contributed by atoms with Crippen molar-refractivity contribution in [1.82, 2.24) is 9.78 Å². The summed E-state index contributed by atoms with van der Waals surface area (Å²) in [4.78, 5) is 0. The van der Waals surface area contributed by atoms with Gasteiger partial charge in [-0.15, -0.1) is 0 Å². The maximum absolute atomic E-state index is 4.25. The predicted octanol–water partition coefficient (Wildman–Crippen LogP) is 4.17. The van der Waals surface area contributed by atoms with Gasteiger partial charge in [0.05, 0.1) is 6.54 Å². The highest BCUT2D eigenvalue weighted by atomic mass is 15.3. The Labute approximate surface area is 127 Å². The van der Waals surface area contributed by atoms with Crippen LogP contribution in [0, 0.1) is 11.8 Å². The molecule has 3 heteroatoms. The summed E-state index contributed by atoms with van der Waals surface area (Å²) >= 11 is 0. The average molecular weight is 283 g/mol. The van der Waals surface area contributed by atoms with E-state index in [-0.39, 0.29) is 0 Å². The highest BCUT2D eigenvalue weighted by molar-refractivity contribution is 5.45. The first kappa shape index (κ1) is 14.2. The van der Waals surface area contributed by atoms with E-state index in [0.717, 1.165) is 18.4 Å². The van der Waals surface area contributed by atoms with Gasteiger partial charge in [0.15, 0.2) is 0 Å². The molecule has 0 spiro atoms. The van der Waals surface area contributed by atoms with Crippen LogP contribution in [0.3, 0.4) is 0 Å². The second kappa shape index (κ2) is 6.33. The molecule has 1 fully saturated rings. The lowest BCUT2D eigenvalue weighted by molar-refractivity contribution is 0.268. The Morgan fingerprint density at radius 1 is 1.14 bits per heavy atom.